The van der Waals surface area contributed by atoms with Crippen LogP contribution in [0.2, 0.25) is 0 Å². The van der Waals surface area contributed by atoms with Crippen molar-refractivity contribution in [1.29, 1.82) is 0 Å². The Morgan fingerprint density at radius 2 is 2.12 bits per heavy atom. The largest absolute Gasteiger partial charge is 0.481 e. The second kappa shape index (κ2) is 6.68. The molecule has 0 fully saturated rings. The van der Waals surface area contributed by atoms with Gasteiger partial charge in [-0.1, -0.05) is 18.2 Å². The maximum absolute atomic E-state index is 11.0. The third-order valence-electron chi connectivity index (χ3n) is 2.66. The van der Waals surface area contributed by atoms with E-state index < -0.39 is 34.8 Å². The lowest BCUT2D eigenvalue weighted by atomic mass is 9.95. The summed E-state index contributed by atoms with van der Waals surface area (Å²) in [7, 11) is 0. The summed E-state index contributed by atoms with van der Waals surface area (Å²) in [4.78, 5) is 11.0. The zero-order chi connectivity index (χ0) is 12.8. The molecule has 0 radical (unpaired) electrons. The molecular weight excluding hydrogens is 244 g/mol. The fourth-order valence-corrected chi connectivity index (χ4v) is 2.37. The number of hydrogen-bond acceptors (Lipinski definition) is 3. The van der Waals surface area contributed by atoms with E-state index in [0.29, 0.717) is 12.0 Å². The van der Waals surface area contributed by atoms with Gasteiger partial charge in [0, 0.05) is 0 Å². The van der Waals surface area contributed by atoms with Gasteiger partial charge in [0.15, 0.2) is 11.1 Å². The van der Waals surface area contributed by atoms with E-state index in [1.54, 1.807) is 6.08 Å². The van der Waals surface area contributed by atoms with Gasteiger partial charge in [-0.05, 0) is 24.8 Å². The highest BCUT2D eigenvalue weighted by Crippen LogP contribution is 2.21. The number of rotatable bonds is 5. The van der Waals surface area contributed by atoms with E-state index in [2.05, 4.69) is 0 Å². The molecule has 6 heteroatoms. The number of carboxylic acid groups (broad SMARTS) is 1. The molecule has 0 saturated carbocycles. The minimum Gasteiger partial charge on any atom is -0.481 e. The number of hydrogen-bond donors (Lipinski definition) is 3. The molecule has 5 nitrogen and oxygen atoms in total. The van der Waals surface area contributed by atoms with E-state index in [1.165, 1.54) is 0 Å². The van der Waals surface area contributed by atoms with Crippen LogP contribution in [0, 0.1) is 5.92 Å². The van der Waals surface area contributed by atoms with Crippen LogP contribution >= 0.6 is 0 Å². The topological polar surface area (TPSA) is 94.8 Å². The molecule has 17 heavy (non-hydrogen) atoms. The van der Waals surface area contributed by atoms with Gasteiger partial charge in [-0.2, -0.15) is 0 Å². The maximum Gasteiger partial charge on any atom is 0.310 e. The fourth-order valence-electron chi connectivity index (χ4n) is 1.74. The molecule has 1 rings (SSSR count). The second-order valence-corrected chi connectivity index (χ2v) is 4.89. The van der Waals surface area contributed by atoms with Crippen molar-refractivity contribution in [2.24, 2.45) is 5.92 Å². The molecule has 0 spiro atoms. The quantitative estimate of drug-likeness (QED) is 0.505. The molecule has 0 heterocycles. The van der Waals surface area contributed by atoms with Crippen molar-refractivity contribution in [2.75, 3.05) is 5.75 Å². The van der Waals surface area contributed by atoms with Gasteiger partial charge in [-0.25, -0.2) is 4.21 Å². The van der Waals surface area contributed by atoms with E-state index in [9.17, 15) is 14.1 Å². The summed E-state index contributed by atoms with van der Waals surface area (Å²) in [6, 6.07) is 0. The smallest absolute Gasteiger partial charge is 0.310 e. The summed E-state index contributed by atoms with van der Waals surface area (Å²) >= 11 is -2.23. The Labute approximate surface area is 102 Å². The van der Waals surface area contributed by atoms with Crippen molar-refractivity contribution >= 4 is 17.0 Å². The van der Waals surface area contributed by atoms with Crippen molar-refractivity contribution in [1.82, 2.24) is 0 Å². The SMILES string of the molecule is O=C(O)[C@H](CS(=O)O)[C@@H](O)C1=CCCC=CC1. The molecule has 0 aliphatic heterocycles. The Kier molecular flexibility index (Phi) is 5.54. The number of aliphatic carboxylic acids is 1. The van der Waals surface area contributed by atoms with E-state index in [-0.39, 0.29) is 0 Å². The van der Waals surface area contributed by atoms with Crippen LogP contribution in [0.5, 0.6) is 0 Å². The van der Waals surface area contributed by atoms with Crippen LogP contribution in [0.4, 0.5) is 0 Å². The van der Waals surface area contributed by atoms with Gasteiger partial charge >= 0.3 is 5.97 Å². The van der Waals surface area contributed by atoms with Gasteiger partial charge in [0.2, 0.25) is 0 Å². The molecule has 0 saturated heterocycles. The summed E-state index contributed by atoms with van der Waals surface area (Å²) in [6.45, 7) is 0. The molecule has 0 bridgehead atoms. The fraction of sp³-hybridized carbons (Fsp3) is 0.545. The normalized spacial score (nSPS) is 21.2. The Bertz CT molecular complexity index is 361. The van der Waals surface area contributed by atoms with E-state index >= 15 is 0 Å². The van der Waals surface area contributed by atoms with Crippen molar-refractivity contribution in [3.8, 4) is 0 Å². The van der Waals surface area contributed by atoms with Crippen LogP contribution in [0.15, 0.2) is 23.8 Å². The first-order valence-electron chi connectivity index (χ1n) is 5.34. The van der Waals surface area contributed by atoms with E-state index in [1.807, 2.05) is 12.2 Å². The first-order chi connectivity index (χ1) is 8.02. The van der Waals surface area contributed by atoms with E-state index in [4.69, 9.17) is 9.66 Å². The van der Waals surface area contributed by atoms with Gasteiger partial charge in [0.25, 0.3) is 0 Å². The highest BCUT2D eigenvalue weighted by molar-refractivity contribution is 7.79. The van der Waals surface area contributed by atoms with E-state index in [0.717, 1.165) is 12.8 Å². The van der Waals surface area contributed by atoms with Crippen molar-refractivity contribution < 1.29 is 23.8 Å². The average Bonchev–Trinajstić information content (AvgIpc) is 2.52. The summed E-state index contributed by atoms with van der Waals surface area (Å²) < 4.78 is 19.4. The van der Waals surface area contributed by atoms with Gasteiger partial charge in [0.1, 0.15) is 5.92 Å². The van der Waals surface area contributed by atoms with Crippen LogP contribution in [-0.4, -0.2) is 36.8 Å². The number of aliphatic hydroxyl groups excluding tert-OH is 1. The van der Waals surface area contributed by atoms with Crippen LogP contribution in [0.3, 0.4) is 0 Å². The van der Waals surface area contributed by atoms with Crippen LogP contribution in [0.25, 0.3) is 0 Å². The molecule has 96 valence electrons. The summed E-state index contributed by atoms with van der Waals surface area (Å²) in [5.41, 5.74) is 0.608. The Balaban J connectivity index is 2.79. The van der Waals surface area contributed by atoms with Gasteiger partial charge in [-0.3, -0.25) is 4.79 Å². The lowest BCUT2D eigenvalue weighted by molar-refractivity contribution is -0.143. The number of carboxylic acids is 1. The van der Waals surface area contributed by atoms with Crippen LogP contribution in [-0.2, 0) is 15.9 Å². The Morgan fingerprint density at radius 1 is 1.41 bits per heavy atom. The van der Waals surface area contributed by atoms with Crippen LogP contribution in [0.1, 0.15) is 19.3 Å². The van der Waals surface area contributed by atoms with Crippen LogP contribution < -0.4 is 0 Å². The molecule has 1 aliphatic rings. The first-order valence-corrected chi connectivity index (χ1v) is 6.62. The zero-order valence-corrected chi connectivity index (χ0v) is 10.1. The minimum absolute atomic E-state index is 0.461. The predicted octanol–water partition coefficient (Wildman–Crippen LogP) is 0.936. The first kappa shape index (κ1) is 14.1. The number of carbonyl (C=O) groups is 1. The van der Waals surface area contributed by atoms with Crippen molar-refractivity contribution in [3.63, 3.8) is 0 Å². The molecule has 0 aromatic carbocycles. The summed E-state index contributed by atoms with van der Waals surface area (Å²) in [6.07, 6.45) is 6.54. The molecular formula is C11H16O5S. The van der Waals surface area contributed by atoms with Gasteiger partial charge in [-0.15, -0.1) is 0 Å². The Hall–Kier alpha value is -0.980. The molecule has 0 aromatic rings. The highest BCUT2D eigenvalue weighted by Gasteiger charge is 2.30. The summed E-state index contributed by atoms with van der Waals surface area (Å²) in [5.74, 6) is -2.95. The minimum atomic E-state index is -2.23. The predicted molar refractivity (Wildman–Crippen MR) is 63.8 cm³/mol. The average molecular weight is 260 g/mol. The highest BCUT2D eigenvalue weighted by atomic mass is 32.2. The maximum atomic E-state index is 11.0. The molecule has 0 aromatic heterocycles. The third kappa shape index (κ3) is 4.41. The lowest BCUT2D eigenvalue weighted by Gasteiger charge is -2.19. The molecule has 3 atom stereocenters. The summed E-state index contributed by atoms with van der Waals surface area (Å²) in [5, 5.41) is 18.9. The number of aliphatic hydroxyl groups is 1. The van der Waals surface area contributed by atoms with Crippen molar-refractivity contribution in [2.45, 2.75) is 25.4 Å². The van der Waals surface area contributed by atoms with Gasteiger partial charge in [0.05, 0.1) is 11.9 Å². The molecule has 1 aliphatic carbocycles. The second-order valence-electron chi connectivity index (χ2n) is 3.91. The lowest BCUT2D eigenvalue weighted by Crippen LogP contribution is -2.34. The zero-order valence-electron chi connectivity index (χ0n) is 9.28. The molecule has 0 amide bonds. The Morgan fingerprint density at radius 3 is 2.71 bits per heavy atom. The molecule has 1 unspecified atom stereocenters. The van der Waals surface area contributed by atoms with Crippen molar-refractivity contribution in [3.05, 3.63) is 23.8 Å². The molecule has 3 N–H and O–H groups in total. The standard InChI is InChI=1S/C11H16O5S/c12-10(8-5-3-1-2-4-6-8)9(11(13)14)7-17(15)16/h1,3,6,9-10,12H,2,4-5,7H2,(H,13,14)(H,15,16)/t9-,10+/m1/s1. The monoisotopic (exact) mass is 260 g/mol. The third-order valence-corrected chi connectivity index (χ3v) is 3.30. The number of allylic oxidation sites excluding steroid dienone is 3. The van der Waals surface area contributed by atoms with Gasteiger partial charge < -0.3 is 14.8 Å².